The van der Waals surface area contributed by atoms with Crippen molar-refractivity contribution in [2.45, 2.75) is 44.7 Å². The van der Waals surface area contributed by atoms with Crippen molar-refractivity contribution in [1.82, 2.24) is 4.90 Å². The van der Waals surface area contributed by atoms with Crippen LogP contribution in [0.3, 0.4) is 0 Å². The molecule has 1 N–H and O–H groups in total. The molecule has 0 heterocycles. The number of amides is 2. The molecule has 0 saturated heterocycles. The standard InChI is InChI=1S/C25H27FN2O4S/c1-4-19(3)28(25(29)27-22-12-8-18(2)9-13-22)17-20-6-5-7-23(16-20)32-33(30,31)24-14-10-21(26)11-15-24/h5-16,19H,4,17H2,1-3H3,(H,27,29). The van der Waals surface area contributed by atoms with Crippen molar-refractivity contribution in [1.29, 1.82) is 0 Å². The number of hydrogen-bond acceptors (Lipinski definition) is 4. The maximum absolute atomic E-state index is 13.1. The number of carbonyl (C=O) groups is 1. The van der Waals surface area contributed by atoms with E-state index in [2.05, 4.69) is 5.32 Å². The van der Waals surface area contributed by atoms with Gasteiger partial charge < -0.3 is 14.4 Å². The number of carbonyl (C=O) groups excluding carboxylic acids is 1. The number of aryl methyl sites for hydroxylation is 1. The Morgan fingerprint density at radius 1 is 1.06 bits per heavy atom. The lowest BCUT2D eigenvalue weighted by Crippen LogP contribution is -2.40. The largest absolute Gasteiger partial charge is 0.379 e. The van der Waals surface area contributed by atoms with Crippen LogP contribution in [0.1, 0.15) is 31.4 Å². The zero-order valence-electron chi connectivity index (χ0n) is 18.8. The molecule has 0 bridgehead atoms. The van der Waals surface area contributed by atoms with Crippen LogP contribution in [-0.2, 0) is 16.7 Å². The molecule has 0 radical (unpaired) electrons. The van der Waals surface area contributed by atoms with E-state index in [9.17, 15) is 17.6 Å². The number of nitrogens with one attached hydrogen (secondary N) is 1. The summed E-state index contributed by atoms with van der Waals surface area (Å²) in [6, 6.07) is 18.2. The van der Waals surface area contributed by atoms with Crippen LogP contribution >= 0.6 is 0 Å². The van der Waals surface area contributed by atoms with Crippen LogP contribution in [-0.4, -0.2) is 25.4 Å². The normalized spacial score (nSPS) is 12.1. The summed E-state index contributed by atoms with van der Waals surface area (Å²) < 4.78 is 43.4. The van der Waals surface area contributed by atoms with Gasteiger partial charge in [0.1, 0.15) is 16.5 Å². The third-order valence-electron chi connectivity index (χ3n) is 5.25. The molecule has 33 heavy (non-hydrogen) atoms. The molecular formula is C25H27FN2O4S. The summed E-state index contributed by atoms with van der Waals surface area (Å²) in [5.41, 5.74) is 2.50. The molecule has 1 atom stereocenters. The fourth-order valence-corrected chi connectivity index (χ4v) is 4.07. The van der Waals surface area contributed by atoms with Gasteiger partial charge in [-0.1, -0.05) is 36.8 Å². The SMILES string of the molecule is CCC(C)N(Cc1cccc(OS(=O)(=O)c2ccc(F)cc2)c1)C(=O)Nc1ccc(C)cc1. The van der Waals surface area contributed by atoms with E-state index in [1.165, 1.54) is 6.07 Å². The molecule has 3 aromatic carbocycles. The molecule has 3 rings (SSSR count). The summed E-state index contributed by atoms with van der Waals surface area (Å²) >= 11 is 0. The van der Waals surface area contributed by atoms with E-state index in [-0.39, 0.29) is 29.3 Å². The molecule has 1 unspecified atom stereocenters. The summed E-state index contributed by atoms with van der Waals surface area (Å²) in [6.45, 7) is 6.18. The van der Waals surface area contributed by atoms with Crippen LogP contribution in [0.15, 0.2) is 77.7 Å². The number of rotatable bonds is 8. The summed E-state index contributed by atoms with van der Waals surface area (Å²) in [7, 11) is -4.12. The van der Waals surface area contributed by atoms with Gasteiger partial charge in [0.2, 0.25) is 0 Å². The van der Waals surface area contributed by atoms with Crippen LogP contribution in [0.5, 0.6) is 5.75 Å². The second kappa shape index (κ2) is 10.5. The average Bonchev–Trinajstić information content (AvgIpc) is 2.78. The smallest absolute Gasteiger partial charge is 0.339 e. The van der Waals surface area contributed by atoms with Crippen molar-refractivity contribution in [3.63, 3.8) is 0 Å². The minimum absolute atomic E-state index is 0.0528. The van der Waals surface area contributed by atoms with E-state index in [0.29, 0.717) is 11.3 Å². The fraction of sp³-hybridized carbons (Fsp3) is 0.240. The zero-order valence-corrected chi connectivity index (χ0v) is 19.6. The Morgan fingerprint density at radius 3 is 2.36 bits per heavy atom. The van der Waals surface area contributed by atoms with Crippen molar-refractivity contribution in [2.24, 2.45) is 0 Å². The highest BCUT2D eigenvalue weighted by Gasteiger charge is 2.21. The molecule has 0 saturated carbocycles. The maximum atomic E-state index is 13.1. The van der Waals surface area contributed by atoms with E-state index in [1.54, 1.807) is 23.1 Å². The Bertz CT molecular complexity index is 1200. The second-order valence-electron chi connectivity index (χ2n) is 7.82. The van der Waals surface area contributed by atoms with Crippen LogP contribution < -0.4 is 9.50 Å². The quantitative estimate of drug-likeness (QED) is 0.426. The van der Waals surface area contributed by atoms with Gasteiger partial charge in [-0.3, -0.25) is 0 Å². The Balaban J connectivity index is 1.77. The molecule has 0 aliphatic carbocycles. The lowest BCUT2D eigenvalue weighted by molar-refractivity contribution is 0.187. The highest BCUT2D eigenvalue weighted by Crippen LogP contribution is 2.22. The summed E-state index contributed by atoms with van der Waals surface area (Å²) in [5, 5.41) is 2.91. The lowest BCUT2D eigenvalue weighted by atomic mass is 10.1. The first kappa shape index (κ1) is 24.3. The first-order valence-electron chi connectivity index (χ1n) is 10.6. The molecule has 0 aliphatic rings. The molecule has 0 fully saturated rings. The minimum Gasteiger partial charge on any atom is -0.379 e. The Labute approximate surface area is 194 Å². The van der Waals surface area contributed by atoms with Gasteiger partial charge in [-0.2, -0.15) is 8.42 Å². The topological polar surface area (TPSA) is 75.7 Å². The predicted molar refractivity (Wildman–Crippen MR) is 126 cm³/mol. The molecule has 8 heteroatoms. The molecule has 2 amide bonds. The zero-order chi connectivity index (χ0) is 24.0. The van der Waals surface area contributed by atoms with Gasteiger partial charge in [0, 0.05) is 18.3 Å². The number of urea groups is 1. The molecule has 0 aliphatic heterocycles. The first-order chi connectivity index (χ1) is 15.7. The Morgan fingerprint density at radius 2 is 1.73 bits per heavy atom. The van der Waals surface area contributed by atoms with Crippen molar-refractivity contribution < 1.29 is 21.8 Å². The third kappa shape index (κ3) is 6.55. The fourth-order valence-electron chi connectivity index (χ4n) is 3.15. The molecular weight excluding hydrogens is 443 g/mol. The van der Waals surface area contributed by atoms with Gasteiger partial charge in [-0.15, -0.1) is 0 Å². The van der Waals surface area contributed by atoms with Gasteiger partial charge >= 0.3 is 16.1 Å². The van der Waals surface area contributed by atoms with Gasteiger partial charge in [0.05, 0.1) is 0 Å². The monoisotopic (exact) mass is 470 g/mol. The average molecular weight is 471 g/mol. The molecule has 0 aromatic heterocycles. The number of hydrogen-bond donors (Lipinski definition) is 1. The lowest BCUT2D eigenvalue weighted by Gasteiger charge is -2.29. The summed E-state index contributed by atoms with van der Waals surface area (Å²) in [4.78, 5) is 14.5. The van der Waals surface area contributed by atoms with Crippen LogP contribution in [0.2, 0.25) is 0 Å². The number of nitrogens with zero attached hydrogens (tertiary/aromatic N) is 1. The number of benzene rings is 3. The molecule has 3 aromatic rings. The Kier molecular flexibility index (Phi) is 7.71. The molecule has 6 nitrogen and oxygen atoms in total. The van der Waals surface area contributed by atoms with Crippen molar-refractivity contribution >= 4 is 21.8 Å². The van der Waals surface area contributed by atoms with Gasteiger partial charge in [0.15, 0.2) is 0 Å². The highest BCUT2D eigenvalue weighted by molar-refractivity contribution is 7.87. The van der Waals surface area contributed by atoms with Crippen LogP contribution in [0.4, 0.5) is 14.9 Å². The molecule has 0 spiro atoms. The first-order valence-corrected chi connectivity index (χ1v) is 12.0. The highest BCUT2D eigenvalue weighted by atomic mass is 32.2. The van der Waals surface area contributed by atoms with Gasteiger partial charge in [-0.05, 0) is 74.4 Å². The summed E-state index contributed by atoms with van der Waals surface area (Å²) in [6.07, 6.45) is 0.746. The van der Waals surface area contributed by atoms with Crippen molar-refractivity contribution in [3.8, 4) is 5.75 Å². The van der Waals surface area contributed by atoms with E-state index < -0.39 is 15.9 Å². The van der Waals surface area contributed by atoms with Gasteiger partial charge in [0.25, 0.3) is 0 Å². The maximum Gasteiger partial charge on any atom is 0.339 e. The molecule has 174 valence electrons. The van der Waals surface area contributed by atoms with E-state index in [0.717, 1.165) is 36.2 Å². The van der Waals surface area contributed by atoms with Gasteiger partial charge in [-0.25, -0.2) is 9.18 Å². The van der Waals surface area contributed by atoms with E-state index >= 15 is 0 Å². The van der Waals surface area contributed by atoms with E-state index in [4.69, 9.17) is 4.18 Å². The number of halogens is 1. The minimum atomic E-state index is -4.12. The number of anilines is 1. The third-order valence-corrected chi connectivity index (χ3v) is 6.51. The summed E-state index contributed by atoms with van der Waals surface area (Å²) in [5.74, 6) is -0.426. The van der Waals surface area contributed by atoms with Crippen LogP contribution in [0.25, 0.3) is 0 Å². The predicted octanol–water partition coefficient (Wildman–Crippen LogP) is 5.73. The van der Waals surface area contributed by atoms with Crippen molar-refractivity contribution in [3.05, 3.63) is 89.7 Å². The Hall–Kier alpha value is -3.39. The van der Waals surface area contributed by atoms with Crippen LogP contribution in [0, 0.1) is 12.7 Å². The van der Waals surface area contributed by atoms with E-state index in [1.807, 2.05) is 45.0 Å². The second-order valence-corrected chi connectivity index (χ2v) is 9.37. The van der Waals surface area contributed by atoms with Crippen molar-refractivity contribution in [2.75, 3.05) is 5.32 Å².